The molecule has 0 unspecified atom stereocenters. The van der Waals surface area contributed by atoms with E-state index in [0.29, 0.717) is 18.0 Å². The lowest BCUT2D eigenvalue weighted by atomic mass is 9.90. The van der Waals surface area contributed by atoms with E-state index in [1.807, 2.05) is 84.9 Å². The van der Waals surface area contributed by atoms with Gasteiger partial charge in [0, 0.05) is 6.54 Å². The van der Waals surface area contributed by atoms with Gasteiger partial charge in [-0.25, -0.2) is 0 Å². The Morgan fingerprint density at radius 3 is 1.93 bits per heavy atom. The lowest BCUT2D eigenvalue weighted by Gasteiger charge is -2.21. The van der Waals surface area contributed by atoms with E-state index in [1.54, 1.807) is 0 Å². The van der Waals surface area contributed by atoms with Crippen LogP contribution in [0.1, 0.15) is 30.9 Å². The average molecular weight is 403 g/mol. The zero-order valence-electron chi connectivity index (χ0n) is 17.8. The highest BCUT2D eigenvalue weighted by molar-refractivity contribution is 5.99. The number of rotatable bonds is 10. The molecule has 0 fully saturated rings. The highest BCUT2D eigenvalue weighted by Crippen LogP contribution is 2.29. The molecule has 156 valence electrons. The monoisotopic (exact) mass is 402 g/mol. The van der Waals surface area contributed by atoms with Crippen molar-refractivity contribution in [1.29, 1.82) is 0 Å². The number of hydrogen-bond acceptors (Lipinski definition) is 3. The molecule has 0 saturated carbocycles. The van der Waals surface area contributed by atoms with Crippen molar-refractivity contribution in [1.82, 2.24) is 4.90 Å². The number of nitrogens with one attached hydrogen (secondary N) is 1. The third kappa shape index (κ3) is 5.71. The van der Waals surface area contributed by atoms with Crippen molar-refractivity contribution in [2.45, 2.75) is 19.8 Å². The van der Waals surface area contributed by atoms with Gasteiger partial charge < -0.3 is 15.0 Å². The summed E-state index contributed by atoms with van der Waals surface area (Å²) in [5, 5.41) is 3.10. The second kappa shape index (κ2) is 11.2. The minimum Gasteiger partial charge on any atom is -0.490 e. The molecule has 0 aliphatic rings. The molecular weight excluding hydrogens is 372 g/mol. The summed E-state index contributed by atoms with van der Waals surface area (Å²) in [4.78, 5) is 15.7. The number of carbonyl (C=O) groups excluding carboxylic acids is 1. The minimum absolute atomic E-state index is 0.0767. The largest absolute Gasteiger partial charge is 0.490 e. The predicted molar refractivity (Wildman–Crippen MR) is 123 cm³/mol. The first-order chi connectivity index (χ1) is 14.7. The fourth-order valence-corrected chi connectivity index (χ4v) is 3.51. The maximum absolute atomic E-state index is 13.4. The van der Waals surface area contributed by atoms with Crippen molar-refractivity contribution in [2.75, 3.05) is 31.6 Å². The number of amides is 1. The topological polar surface area (TPSA) is 41.6 Å². The van der Waals surface area contributed by atoms with Gasteiger partial charge in [-0.3, -0.25) is 4.79 Å². The number of benzene rings is 3. The molecule has 0 aromatic heterocycles. The fourth-order valence-electron chi connectivity index (χ4n) is 3.51. The number of carbonyl (C=O) groups is 1. The van der Waals surface area contributed by atoms with E-state index in [0.717, 1.165) is 30.8 Å². The third-order valence-electron chi connectivity index (χ3n) is 5.23. The third-order valence-corrected chi connectivity index (χ3v) is 5.23. The van der Waals surface area contributed by atoms with Crippen molar-refractivity contribution < 1.29 is 9.53 Å². The summed E-state index contributed by atoms with van der Waals surface area (Å²) in [5.41, 5.74) is 2.61. The lowest BCUT2D eigenvalue weighted by Crippen LogP contribution is -2.28. The molecule has 0 aliphatic carbocycles. The van der Waals surface area contributed by atoms with Gasteiger partial charge in [0.15, 0.2) is 0 Å². The second-order valence-electron chi connectivity index (χ2n) is 7.12. The zero-order valence-corrected chi connectivity index (χ0v) is 17.8. The highest BCUT2D eigenvalue weighted by Gasteiger charge is 2.23. The summed E-state index contributed by atoms with van der Waals surface area (Å²) in [5.74, 6) is 0.223. The first-order valence-corrected chi connectivity index (χ1v) is 10.6. The van der Waals surface area contributed by atoms with Gasteiger partial charge in [-0.15, -0.1) is 0 Å². The van der Waals surface area contributed by atoms with Crippen LogP contribution >= 0.6 is 0 Å². The van der Waals surface area contributed by atoms with Gasteiger partial charge in [-0.05, 0) is 36.3 Å². The number of likely N-dealkylation sites (N-methyl/N-ethyl adjacent to an activating group) is 1. The van der Waals surface area contributed by atoms with Crippen molar-refractivity contribution >= 4 is 11.6 Å². The Hall–Kier alpha value is -3.11. The average Bonchev–Trinajstić information content (AvgIpc) is 2.79. The molecule has 0 radical (unpaired) electrons. The van der Waals surface area contributed by atoms with Crippen LogP contribution in [0, 0.1) is 0 Å². The van der Waals surface area contributed by atoms with Crippen LogP contribution in [0.3, 0.4) is 0 Å². The van der Waals surface area contributed by atoms with E-state index in [-0.39, 0.29) is 5.91 Å². The van der Waals surface area contributed by atoms with Crippen molar-refractivity contribution in [3.8, 4) is 5.75 Å². The van der Waals surface area contributed by atoms with Crippen LogP contribution in [0.4, 0.5) is 5.69 Å². The molecular formula is C26H30N2O2. The van der Waals surface area contributed by atoms with Crippen LogP contribution < -0.4 is 10.1 Å². The predicted octanol–water partition coefficient (Wildman–Crippen LogP) is 5.18. The Labute approximate surface area is 179 Å². The number of ether oxygens (including phenoxy) is 1. The SMILES string of the molecule is CCN(CC)CCOc1ccccc1NC(=O)C(c1ccccc1)c1ccccc1. The normalized spacial score (nSPS) is 10.9. The van der Waals surface area contributed by atoms with Gasteiger partial charge in [0.05, 0.1) is 11.6 Å². The van der Waals surface area contributed by atoms with Crippen molar-refractivity contribution in [3.63, 3.8) is 0 Å². The van der Waals surface area contributed by atoms with Crippen LogP contribution in [-0.4, -0.2) is 37.0 Å². The number of para-hydroxylation sites is 2. The quantitative estimate of drug-likeness (QED) is 0.508. The van der Waals surface area contributed by atoms with E-state index < -0.39 is 5.92 Å². The van der Waals surface area contributed by atoms with E-state index in [1.165, 1.54) is 0 Å². The van der Waals surface area contributed by atoms with E-state index in [9.17, 15) is 4.79 Å². The van der Waals surface area contributed by atoms with Gasteiger partial charge in [0.1, 0.15) is 12.4 Å². The Kier molecular flexibility index (Phi) is 8.04. The standard InChI is InChI=1S/C26H30N2O2/c1-3-28(4-2)19-20-30-24-18-12-11-17-23(24)27-26(29)25(21-13-7-5-8-14-21)22-15-9-6-10-16-22/h5-18,25H,3-4,19-20H2,1-2H3,(H,27,29). The lowest BCUT2D eigenvalue weighted by molar-refractivity contribution is -0.116. The smallest absolute Gasteiger partial charge is 0.236 e. The molecule has 3 aromatic carbocycles. The van der Waals surface area contributed by atoms with E-state index in [4.69, 9.17) is 4.74 Å². The Balaban J connectivity index is 1.78. The second-order valence-corrected chi connectivity index (χ2v) is 7.12. The molecule has 3 aromatic rings. The van der Waals surface area contributed by atoms with Gasteiger partial charge in [-0.2, -0.15) is 0 Å². The molecule has 0 aliphatic heterocycles. The van der Waals surface area contributed by atoms with Crippen LogP contribution in [0.5, 0.6) is 5.75 Å². The molecule has 4 nitrogen and oxygen atoms in total. The van der Waals surface area contributed by atoms with Gasteiger partial charge in [-0.1, -0.05) is 86.6 Å². The number of anilines is 1. The Bertz CT molecular complexity index is 869. The molecule has 0 bridgehead atoms. The molecule has 4 heteroatoms. The maximum Gasteiger partial charge on any atom is 0.236 e. The van der Waals surface area contributed by atoms with Crippen LogP contribution in [0.2, 0.25) is 0 Å². The van der Waals surface area contributed by atoms with Crippen LogP contribution in [0.25, 0.3) is 0 Å². The van der Waals surface area contributed by atoms with Crippen molar-refractivity contribution in [2.24, 2.45) is 0 Å². The zero-order chi connectivity index (χ0) is 21.2. The van der Waals surface area contributed by atoms with Gasteiger partial charge >= 0.3 is 0 Å². The summed E-state index contributed by atoms with van der Waals surface area (Å²) in [7, 11) is 0. The summed E-state index contributed by atoms with van der Waals surface area (Å²) in [6, 6.07) is 27.3. The van der Waals surface area contributed by atoms with Crippen LogP contribution in [0.15, 0.2) is 84.9 Å². The summed E-state index contributed by atoms with van der Waals surface area (Å²) < 4.78 is 6.01. The molecule has 0 saturated heterocycles. The first kappa shape index (κ1) is 21.6. The molecule has 1 N–H and O–H groups in total. The molecule has 30 heavy (non-hydrogen) atoms. The van der Waals surface area contributed by atoms with Gasteiger partial charge in [0.2, 0.25) is 5.91 Å². The Morgan fingerprint density at radius 1 is 0.833 bits per heavy atom. The summed E-state index contributed by atoms with van der Waals surface area (Å²) >= 11 is 0. The molecule has 0 spiro atoms. The maximum atomic E-state index is 13.4. The molecule has 0 heterocycles. The molecule has 0 atom stereocenters. The first-order valence-electron chi connectivity index (χ1n) is 10.6. The highest BCUT2D eigenvalue weighted by atomic mass is 16.5. The van der Waals surface area contributed by atoms with Gasteiger partial charge in [0.25, 0.3) is 0 Å². The molecule has 1 amide bonds. The fraction of sp³-hybridized carbons (Fsp3) is 0.269. The molecule has 3 rings (SSSR count). The van der Waals surface area contributed by atoms with E-state index >= 15 is 0 Å². The van der Waals surface area contributed by atoms with Crippen LogP contribution in [-0.2, 0) is 4.79 Å². The summed E-state index contributed by atoms with van der Waals surface area (Å²) in [6.07, 6.45) is 0. The number of hydrogen-bond donors (Lipinski definition) is 1. The minimum atomic E-state index is -0.392. The van der Waals surface area contributed by atoms with Crippen molar-refractivity contribution in [3.05, 3.63) is 96.1 Å². The number of nitrogens with zero attached hydrogens (tertiary/aromatic N) is 1. The Morgan fingerprint density at radius 2 is 1.37 bits per heavy atom. The summed E-state index contributed by atoms with van der Waals surface area (Å²) in [6.45, 7) is 7.71. The van der Waals surface area contributed by atoms with E-state index in [2.05, 4.69) is 24.1 Å².